The standard InChI is InChI=1S/C21H30N6O2.HI/c1-21(2,3)29-20(28)27-14-12-26(13-15-27)19(22)24-11-10-23-18-9-8-16-6-4-5-7-17(16)25-18;/h4-9H,10-15H2,1-3H3,(H2,22,24)(H,23,25);1H. The number of pyridine rings is 1. The Bertz CT molecular complexity index is 875. The molecule has 0 radical (unpaired) electrons. The molecule has 1 aliphatic rings. The van der Waals surface area contributed by atoms with E-state index in [1.165, 1.54) is 0 Å². The molecule has 1 saturated heterocycles. The fourth-order valence-electron chi connectivity index (χ4n) is 3.06. The van der Waals surface area contributed by atoms with E-state index in [1.54, 1.807) is 4.90 Å². The maximum atomic E-state index is 12.1. The number of guanidine groups is 1. The van der Waals surface area contributed by atoms with Crippen LogP contribution in [0.1, 0.15) is 20.8 Å². The maximum absolute atomic E-state index is 12.1. The normalized spacial score (nSPS) is 15.0. The number of nitrogens with zero attached hydrogens (tertiary/aromatic N) is 4. The number of piperazine rings is 1. The molecule has 1 amide bonds. The Hall–Kier alpha value is -2.30. The van der Waals surface area contributed by atoms with Gasteiger partial charge in [0.15, 0.2) is 5.96 Å². The minimum absolute atomic E-state index is 0. The van der Waals surface area contributed by atoms with Gasteiger partial charge in [0.05, 0.1) is 12.1 Å². The summed E-state index contributed by atoms with van der Waals surface area (Å²) in [5.74, 6) is 1.32. The Labute approximate surface area is 194 Å². The third-order valence-electron chi connectivity index (χ3n) is 4.55. The molecule has 2 heterocycles. The van der Waals surface area contributed by atoms with Crippen molar-refractivity contribution in [2.24, 2.45) is 10.7 Å². The van der Waals surface area contributed by atoms with Crippen molar-refractivity contribution in [2.75, 3.05) is 44.6 Å². The first-order valence-corrected chi connectivity index (χ1v) is 9.94. The summed E-state index contributed by atoms with van der Waals surface area (Å²) in [5, 5.41) is 4.39. The number of hydrogen-bond acceptors (Lipinski definition) is 5. The van der Waals surface area contributed by atoms with Gasteiger partial charge in [0, 0.05) is 38.1 Å². The van der Waals surface area contributed by atoms with Crippen LogP contribution in [-0.2, 0) is 4.74 Å². The van der Waals surface area contributed by atoms with Crippen LogP contribution >= 0.6 is 24.0 Å². The zero-order chi connectivity index (χ0) is 20.9. The molecule has 0 bridgehead atoms. The SMILES string of the molecule is CC(C)(C)OC(=O)N1CCN(C(N)=NCCNc2ccc3ccccc3n2)CC1.I. The predicted molar refractivity (Wildman–Crippen MR) is 132 cm³/mol. The van der Waals surface area contributed by atoms with E-state index >= 15 is 0 Å². The van der Waals surface area contributed by atoms with Crippen LogP contribution in [0.15, 0.2) is 41.4 Å². The minimum atomic E-state index is -0.485. The fourth-order valence-corrected chi connectivity index (χ4v) is 3.06. The van der Waals surface area contributed by atoms with Crippen molar-refractivity contribution in [1.82, 2.24) is 14.8 Å². The number of para-hydroxylation sites is 1. The Kier molecular flexibility index (Phi) is 8.51. The zero-order valence-electron chi connectivity index (χ0n) is 17.8. The number of aromatic nitrogens is 1. The molecule has 0 atom stereocenters. The highest BCUT2D eigenvalue weighted by molar-refractivity contribution is 14.0. The first kappa shape index (κ1) is 24.0. The first-order chi connectivity index (χ1) is 13.8. The summed E-state index contributed by atoms with van der Waals surface area (Å²) >= 11 is 0. The van der Waals surface area contributed by atoms with Crippen LogP contribution in [0.2, 0.25) is 0 Å². The number of nitrogens with one attached hydrogen (secondary N) is 1. The van der Waals surface area contributed by atoms with Crippen molar-refractivity contribution in [1.29, 1.82) is 0 Å². The molecule has 1 fully saturated rings. The van der Waals surface area contributed by atoms with Gasteiger partial charge in [-0.3, -0.25) is 4.99 Å². The molecule has 3 rings (SSSR count). The van der Waals surface area contributed by atoms with E-state index in [0.717, 1.165) is 16.7 Å². The van der Waals surface area contributed by atoms with Crippen molar-refractivity contribution in [3.63, 3.8) is 0 Å². The van der Waals surface area contributed by atoms with Crippen LogP contribution in [0.5, 0.6) is 0 Å². The summed E-state index contributed by atoms with van der Waals surface area (Å²) in [6.07, 6.45) is -0.278. The van der Waals surface area contributed by atoms with Crippen molar-refractivity contribution >= 4 is 52.8 Å². The molecule has 8 nitrogen and oxygen atoms in total. The topological polar surface area (TPSA) is 96.1 Å². The van der Waals surface area contributed by atoms with Gasteiger partial charge in [0.25, 0.3) is 0 Å². The van der Waals surface area contributed by atoms with Gasteiger partial charge in [-0.15, -0.1) is 24.0 Å². The summed E-state index contributed by atoms with van der Waals surface area (Å²) in [7, 11) is 0. The summed E-state index contributed by atoms with van der Waals surface area (Å²) in [4.78, 5) is 24.9. The second-order valence-corrected chi connectivity index (χ2v) is 8.01. The molecule has 0 spiro atoms. The van der Waals surface area contributed by atoms with E-state index in [0.29, 0.717) is 45.2 Å². The number of carbonyl (C=O) groups excluding carboxylic acids is 1. The van der Waals surface area contributed by atoms with Crippen molar-refractivity contribution < 1.29 is 9.53 Å². The number of rotatable bonds is 4. The van der Waals surface area contributed by atoms with E-state index < -0.39 is 5.60 Å². The molecule has 9 heteroatoms. The van der Waals surface area contributed by atoms with Gasteiger partial charge in [0.2, 0.25) is 0 Å². The Balaban J connectivity index is 0.00000320. The lowest BCUT2D eigenvalue weighted by Crippen LogP contribution is -2.53. The highest BCUT2D eigenvalue weighted by Crippen LogP contribution is 2.14. The lowest BCUT2D eigenvalue weighted by atomic mass is 10.2. The third kappa shape index (κ3) is 6.89. The number of aliphatic imine (C=N–C) groups is 1. The van der Waals surface area contributed by atoms with Crippen LogP contribution in [0.4, 0.5) is 10.6 Å². The zero-order valence-corrected chi connectivity index (χ0v) is 20.1. The molecule has 0 saturated carbocycles. The van der Waals surface area contributed by atoms with Crippen LogP contribution in [0, 0.1) is 0 Å². The number of anilines is 1. The third-order valence-corrected chi connectivity index (χ3v) is 4.55. The van der Waals surface area contributed by atoms with E-state index in [4.69, 9.17) is 10.5 Å². The Morgan fingerprint density at radius 2 is 1.80 bits per heavy atom. The van der Waals surface area contributed by atoms with Gasteiger partial charge < -0.3 is 25.6 Å². The molecule has 30 heavy (non-hydrogen) atoms. The number of nitrogens with two attached hydrogens (primary N) is 1. The predicted octanol–water partition coefficient (Wildman–Crippen LogP) is 3.13. The maximum Gasteiger partial charge on any atom is 0.410 e. The van der Waals surface area contributed by atoms with Crippen LogP contribution in [-0.4, -0.2) is 71.7 Å². The Morgan fingerprint density at radius 1 is 1.13 bits per heavy atom. The number of halogens is 1. The summed E-state index contributed by atoms with van der Waals surface area (Å²) in [5.41, 5.74) is 6.60. The number of fused-ring (bicyclic) bond motifs is 1. The Morgan fingerprint density at radius 3 is 2.50 bits per heavy atom. The van der Waals surface area contributed by atoms with Gasteiger partial charge >= 0.3 is 6.09 Å². The van der Waals surface area contributed by atoms with Crippen molar-refractivity contribution in [3.8, 4) is 0 Å². The largest absolute Gasteiger partial charge is 0.444 e. The fraction of sp³-hybridized carbons (Fsp3) is 0.476. The molecule has 3 N–H and O–H groups in total. The quantitative estimate of drug-likeness (QED) is 0.275. The van der Waals surface area contributed by atoms with Crippen LogP contribution in [0.3, 0.4) is 0 Å². The molecule has 1 aliphatic heterocycles. The highest BCUT2D eigenvalue weighted by Gasteiger charge is 2.26. The lowest BCUT2D eigenvalue weighted by molar-refractivity contribution is 0.0186. The summed E-state index contributed by atoms with van der Waals surface area (Å²) in [6.45, 7) is 9.24. The van der Waals surface area contributed by atoms with Gasteiger partial charge in [-0.05, 0) is 39.0 Å². The van der Waals surface area contributed by atoms with Crippen molar-refractivity contribution in [3.05, 3.63) is 36.4 Å². The minimum Gasteiger partial charge on any atom is -0.444 e. The van der Waals surface area contributed by atoms with E-state index in [-0.39, 0.29) is 30.1 Å². The van der Waals surface area contributed by atoms with Gasteiger partial charge in [-0.1, -0.05) is 18.2 Å². The van der Waals surface area contributed by atoms with Crippen LogP contribution in [0.25, 0.3) is 10.9 Å². The average molecular weight is 526 g/mol. The first-order valence-electron chi connectivity index (χ1n) is 9.94. The number of benzene rings is 1. The molecular formula is C21H31IN6O2. The monoisotopic (exact) mass is 526 g/mol. The van der Waals surface area contributed by atoms with Gasteiger partial charge in [-0.25, -0.2) is 9.78 Å². The number of carbonyl (C=O) groups is 1. The smallest absolute Gasteiger partial charge is 0.410 e. The van der Waals surface area contributed by atoms with Crippen LogP contribution < -0.4 is 11.1 Å². The summed E-state index contributed by atoms with van der Waals surface area (Å²) < 4.78 is 5.41. The molecule has 1 aromatic carbocycles. The van der Waals surface area contributed by atoms with Gasteiger partial charge in [-0.2, -0.15) is 0 Å². The molecule has 2 aromatic rings. The molecular weight excluding hydrogens is 495 g/mol. The molecule has 164 valence electrons. The summed E-state index contributed by atoms with van der Waals surface area (Å²) in [6, 6.07) is 12.0. The lowest BCUT2D eigenvalue weighted by Gasteiger charge is -2.36. The van der Waals surface area contributed by atoms with E-state index in [1.807, 2.05) is 62.1 Å². The molecule has 1 aromatic heterocycles. The highest BCUT2D eigenvalue weighted by atomic mass is 127. The second-order valence-electron chi connectivity index (χ2n) is 8.01. The number of amides is 1. The van der Waals surface area contributed by atoms with E-state index in [9.17, 15) is 4.79 Å². The molecule has 0 aliphatic carbocycles. The number of ether oxygens (including phenoxy) is 1. The van der Waals surface area contributed by atoms with Gasteiger partial charge in [0.1, 0.15) is 11.4 Å². The van der Waals surface area contributed by atoms with E-state index in [2.05, 4.69) is 15.3 Å². The average Bonchev–Trinajstić information content (AvgIpc) is 2.70. The van der Waals surface area contributed by atoms with Crippen molar-refractivity contribution in [2.45, 2.75) is 26.4 Å². The number of hydrogen-bond donors (Lipinski definition) is 2. The molecule has 0 unspecified atom stereocenters. The second kappa shape index (κ2) is 10.6.